The van der Waals surface area contributed by atoms with E-state index in [0.717, 1.165) is 11.3 Å². The molecule has 0 aliphatic carbocycles. The predicted octanol–water partition coefficient (Wildman–Crippen LogP) is 2.45. The molecule has 0 aromatic heterocycles. The summed E-state index contributed by atoms with van der Waals surface area (Å²) >= 11 is 0. The SMILES string of the molecule is N#Cc1cc(N)ccc1OCc1ccc2c(c1)OCO2. The van der Waals surface area contributed by atoms with Crippen LogP contribution in [0.5, 0.6) is 17.2 Å². The fourth-order valence-electron chi connectivity index (χ4n) is 1.95. The zero-order valence-electron chi connectivity index (χ0n) is 10.6. The molecule has 0 unspecified atom stereocenters. The molecule has 1 aliphatic rings. The first-order valence-electron chi connectivity index (χ1n) is 6.07. The van der Waals surface area contributed by atoms with Gasteiger partial charge in [-0.15, -0.1) is 0 Å². The highest BCUT2D eigenvalue weighted by molar-refractivity contribution is 5.53. The summed E-state index contributed by atoms with van der Waals surface area (Å²) in [6.45, 7) is 0.589. The summed E-state index contributed by atoms with van der Waals surface area (Å²) in [6.07, 6.45) is 0. The van der Waals surface area contributed by atoms with Crippen LogP contribution in [0.2, 0.25) is 0 Å². The molecule has 1 aliphatic heterocycles. The van der Waals surface area contributed by atoms with Crippen molar-refractivity contribution in [3.05, 3.63) is 47.5 Å². The molecule has 20 heavy (non-hydrogen) atoms. The van der Waals surface area contributed by atoms with Gasteiger partial charge in [-0.25, -0.2) is 0 Å². The Morgan fingerprint density at radius 2 is 2.00 bits per heavy atom. The fourth-order valence-corrected chi connectivity index (χ4v) is 1.95. The van der Waals surface area contributed by atoms with Crippen molar-refractivity contribution in [3.8, 4) is 23.3 Å². The van der Waals surface area contributed by atoms with E-state index in [2.05, 4.69) is 6.07 Å². The number of nitrogen functional groups attached to an aromatic ring is 1. The molecule has 100 valence electrons. The second kappa shape index (κ2) is 5.02. The maximum atomic E-state index is 9.04. The molecule has 0 amide bonds. The molecule has 2 N–H and O–H groups in total. The average molecular weight is 268 g/mol. The van der Waals surface area contributed by atoms with E-state index in [0.29, 0.717) is 29.4 Å². The zero-order chi connectivity index (χ0) is 13.9. The number of ether oxygens (including phenoxy) is 3. The highest BCUT2D eigenvalue weighted by atomic mass is 16.7. The van der Waals surface area contributed by atoms with Crippen LogP contribution in [-0.4, -0.2) is 6.79 Å². The number of nitriles is 1. The molecule has 3 rings (SSSR count). The Bertz CT molecular complexity index is 692. The molecule has 5 heteroatoms. The van der Waals surface area contributed by atoms with Crippen molar-refractivity contribution in [2.24, 2.45) is 0 Å². The summed E-state index contributed by atoms with van der Waals surface area (Å²) in [5.74, 6) is 1.96. The van der Waals surface area contributed by atoms with Crippen LogP contribution in [0.15, 0.2) is 36.4 Å². The second-order valence-electron chi connectivity index (χ2n) is 4.34. The number of nitrogens with two attached hydrogens (primary N) is 1. The van der Waals surface area contributed by atoms with Crippen LogP contribution in [0.1, 0.15) is 11.1 Å². The lowest BCUT2D eigenvalue weighted by atomic mass is 10.2. The summed E-state index contributed by atoms with van der Waals surface area (Å²) in [7, 11) is 0. The highest BCUT2D eigenvalue weighted by Gasteiger charge is 2.13. The number of benzene rings is 2. The van der Waals surface area contributed by atoms with E-state index in [1.165, 1.54) is 0 Å². The van der Waals surface area contributed by atoms with Gasteiger partial charge in [0.05, 0.1) is 5.56 Å². The van der Waals surface area contributed by atoms with Gasteiger partial charge in [0, 0.05) is 5.69 Å². The van der Waals surface area contributed by atoms with E-state index in [1.807, 2.05) is 18.2 Å². The molecule has 0 saturated carbocycles. The molecule has 5 nitrogen and oxygen atoms in total. The Morgan fingerprint density at radius 3 is 2.85 bits per heavy atom. The van der Waals surface area contributed by atoms with Gasteiger partial charge in [-0.05, 0) is 35.9 Å². The first-order valence-corrected chi connectivity index (χ1v) is 6.07. The summed E-state index contributed by atoms with van der Waals surface area (Å²) in [5, 5.41) is 9.04. The van der Waals surface area contributed by atoms with Gasteiger partial charge in [0.2, 0.25) is 6.79 Å². The van der Waals surface area contributed by atoms with E-state index >= 15 is 0 Å². The van der Waals surface area contributed by atoms with Crippen LogP contribution in [0.4, 0.5) is 5.69 Å². The Labute approximate surface area is 116 Å². The minimum atomic E-state index is 0.246. The van der Waals surface area contributed by atoms with E-state index in [9.17, 15) is 0 Å². The number of anilines is 1. The van der Waals surface area contributed by atoms with Gasteiger partial charge in [-0.3, -0.25) is 0 Å². The Balaban J connectivity index is 1.75. The molecule has 0 saturated heterocycles. The monoisotopic (exact) mass is 268 g/mol. The Morgan fingerprint density at radius 1 is 1.15 bits per heavy atom. The van der Waals surface area contributed by atoms with E-state index in [1.54, 1.807) is 18.2 Å². The molecule has 0 bridgehead atoms. The topological polar surface area (TPSA) is 77.5 Å². The van der Waals surface area contributed by atoms with E-state index < -0.39 is 0 Å². The normalized spacial score (nSPS) is 11.9. The summed E-state index contributed by atoms with van der Waals surface area (Å²) in [5.41, 5.74) is 7.54. The van der Waals surface area contributed by atoms with Crippen molar-refractivity contribution < 1.29 is 14.2 Å². The third-order valence-corrected chi connectivity index (χ3v) is 2.96. The molecule has 2 aromatic carbocycles. The summed E-state index contributed by atoms with van der Waals surface area (Å²) < 4.78 is 16.2. The van der Waals surface area contributed by atoms with Gasteiger partial charge in [-0.2, -0.15) is 5.26 Å². The molecule has 0 fully saturated rings. The van der Waals surface area contributed by atoms with Gasteiger partial charge in [-0.1, -0.05) is 6.07 Å². The van der Waals surface area contributed by atoms with Gasteiger partial charge < -0.3 is 19.9 Å². The van der Waals surface area contributed by atoms with Gasteiger partial charge in [0.1, 0.15) is 18.4 Å². The van der Waals surface area contributed by atoms with Crippen LogP contribution >= 0.6 is 0 Å². The van der Waals surface area contributed by atoms with E-state index in [4.69, 9.17) is 25.2 Å². The average Bonchev–Trinajstić information content (AvgIpc) is 2.93. The van der Waals surface area contributed by atoms with Crippen molar-refractivity contribution in [1.29, 1.82) is 5.26 Å². The van der Waals surface area contributed by atoms with Gasteiger partial charge in [0.25, 0.3) is 0 Å². The largest absolute Gasteiger partial charge is 0.488 e. The third kappa shape index (κ3) is 2.31. The number of nitrogens with zero attached hydrogens (tertiary/aromatic N) is 1. The first kappa shape index (κ1) is 12.2. The minimum absolute atomic E-state index is 0.246. The third-order valence-electron chi connectivity index (χ3n) is 2.96. The quantitative estimate of drug-likeness (QED) is 0.865. The lowest BCUT2D eigenvalue weighted by Gasteiger charge is -2.09. The van der Waals surface area contributed by atoms with Crippen molar-refractivity contribution in [2.75, 3.05) is 12.5 Å². The van der Waals surface area contributed by atoms with Crippen molar-refractivity contribution >= 4 is 5.69 Å². The second-order valence-corrected chi connectivity index (χ2v) is 4.34. The number of fused-ring (bicyclic) bond motifs is 1. The maximum absolute atomic E-state index is 9.04. The Hall–Kier alpha value is -2.87. The number of hydrogen-bond acceptors (Lipinski definition) is 5. The van der Waals surface area contributed by atoms with Crippen molar-refractivity contribution in [3.63, 3.8) is 0 Å². The molecular weight excluding hydrogens is 256 g/mol. The first-order chi connectivity index (χ1) is 9.76. The predicted molar refractivity (Wildman–Crippen MR) is 72.5 cm³/mol. The number of hydrogen-bond donors (Lipinski definition) is 1. The molecule has 0 radical (unpaired) electrons. The van der Waals surface area contributed by atoms with E-state index in [-0.39, 0.29) is 6.79 Å². The van der Waals surface area contributed by atoms with Crippen molar-refractivity contribution in [2.45, 2.75) is 6.61 Å². The molecule has 1 heterocycles. The highest BCUT2D eigenvalue weighted by Crippen LogP contribution is 2.33. The van der Waals surface area contributed by atoms with Crippen LogP contribution in [0.3, 0.4) is 0 Å². The lowest BCUT2D eigenvalue weighted by molar-refractivity contribution is 0.174. The molecule has 2 aromatic rings. The summed E-state index contributed by atoms with van der Waals surface area (Å²) in [6, 6.07) is 12.7. The molecular formula is C15H12N2O3. The van der Waals surface area contributed by atoms with Crippen molar-refractivity contribution in [1.82, 2.24) is 0 Å². The van der Waals surface area contributed by atoms with Crippen LogP contribution in [-0.2, 0) is 6.61 Å². The number of rotatable bonds is 3. The van der Waals surface area contributed by atoms with Gasteiger partial charge >= 0.3 is 0 Å². The smallest absolute Gasteiger partial charge is 0.231 e. The van der Waals surface area contributed by atoms with Crippen LogP contribution in [0.25, 0.3) is 0 Å². The zero-order valence-corrected chi connectivity index (χ0v) is 10.6. The molecule has 0 atom stereocenters. The van der Waals surface area contributed by atoms with Crippen LogP contribution in [0, 0.1) is 11.3 Å². The molecule has 0 spiro atoms. The minimum Gasteiger partial charge on any atom is -0.488 e. The summed E-state index contributed by atoms with van der Waals surface area (Å²) in [4.78, 5) is 0. The lowest BCUT2D eigenvalue weighted by Crippen LogP contribution is -1.98. The fraction of sp³-hybridized carbons (Fsp3) is 0.133. The standard InChI is InChI=1S/C15H12N2O3/c16-7-11-6-12(17)2-4-13(11)18-8-10-1-3-14-15(5-10)20-9-19-14/h1-6H,8-9,17H2. The Kier molecular flexibility index (Phi) is 3.05. The maximum Gasteiger partial charge on any atom is 0.231 e. The van der Waals surface area contributed by atoms with Crippen LogP contribution < -0.4 is 19.9 Å². The van der Waals surface area contributed by atoms with Gasteiger partial charge in [0.15, 0.2) is 11.5 Å².